The molecule has 110 valence electrons. The van der Waals surface area contributed by atoms with Crippen LogP contribution in [-0.4, -0.2) is 72.2 Å². The van der Waals surface area contributed by atoms with Crippen LogP contribution >= 0.6 is 0 Å². The molecule has 0 aromatic heterocycles. The second-order valence-electron chi connectivity index (χ2n) is 6.21. The van der Waals surface area contributed by atoms with Crippen molar-refractivity contribution in [2.45, 2.75) is 38.3 Å². The molecule has 2 rings (SSSR count). The average Bonchev–Trinajstić information content (AvgIpc) is 3.20. The molecule has 2 aliphatic rings. The van der Waals surface area contributed by atoms with Crippen LogP contribution in [-0.2, 0) is 4.79 Å². The van der Waals surface area contributed by atoms with E-state index in [0.717, 1.165) is 39.0 Å². The third-order valence-corrected chi connectivity index (χ3v) is 4.71. The lowest BCUT2D eigenvalue weighted by molar-refractivity contribution is -0.147. The maximum Gasteiger partial charge on any atom is 0.325 e. The fraction of sp³-hybridized carbons (Fsp3) is 0.929. The first kappa shape index (κ1) is 14.8. The summed E-state index contributed by atoms with van der Waals surface area (Å²) >= 11 is 0. The molecule has 0 bridgehead atoms. The Bertz CT molecular complexity index is 323. The summed E-state index contributed by atoms with van der Waals surface area (Å²) < 4.78 is 0. The van der Waals surface area contributed by atoms with Gasteiger partial charge in [-0.25, -0.2) is 0 Å². The molecule has 1 aliphatic heterocycles. The van der Waals surface area contributed by atoms with Gasteiger partial charge in [-0.1, -0.05) is 0 Å². The predicted octanol–water partition coefficient (Wildman–Crippen LogP) is 0.465. The van der Waals surface area contributed by atoms with Crippen LogP contribution < -0.4 is 5.32 Å². The quantitative estimate of drug-likeness (QED) is 0.734. The second kappa shape index (κ2) is 5.77. The Hall–Kier alpha value is -0.650. The highest BCUT2D eigenvalue weighted by Crippen LogP contribution is 2.40. The van der Waals surface area contributed by atoms with Crippen molar-refractivity contribution in [1.29, 1.82) is 0 Å². The summed E-state index contributed by atoms with van der Waals surface area (Å²) in [5.74, 6) is -0.387. The van der Waals surface area contributed by atoms with E-state index < -0.39 is 11.5 Å². The minimum Gasteiger partial charge on any atom is -0.480 e. The molecule has 0 radical (unpaired) electrons. The highest BCUT2D eigenvalue weighted by molar-refractivity contribution is 5.80. The predicted molar refractivity (Wildman–Crippen MR) is 75.3 cm³/mol. The Morgan fingerprint density at radius 3 is 2.26 bits per heavy atom. The van der Waals surface area contributed by atoms with Crippen molar-refractivity contribution in [3.8, 4) is 0 Å². The maximum atomic E-state index is 11.7. The van der Waals surface area contributed by atoms with Crippen LogP contribution in [0.15, 0.2) is 0 Å². The normalized spacial score (nSPS) is 25.5. The number of aliphatic carboxylic acids is 1. The summed E-state index contributed by atoms with van der Waals surface area (Å²) in [6.45, 7) is 9.10. The van der Waals surface area contributed by atoms with E-state index >= 15 is 0 Å². The molecule has 1 atom stereocenters. The van der Waals surface area contributed by atoms with Gasteiger partial charge in [0.1, 0.15) is 5.54 Å². The van der Waals surface area contributed by atoms with E-state index in [2.05, 4.69) is 29.0 Å². The summed E-state index contributed by atoms with van der Waals surface area (Å²) in [6, 6.07) is 0.583. The van der Waals surface area contributed by atoms with Gasteiger partial charge in [-0.05, 0) is 39.7 Å². The van der Waals surface area contributed by atoms with Gasteiger partial charge in [0, 0.05) is 38.8 Å². The van der Waals surface area contributed by atoms with Crippen molar-refractivity contribution in [3.63, 3.8) is 0 Å². The van der Waals surface area contributed by atoms with E-state index in [-0.39, 0.29) is 0 Å². The molecule has 0 amide bonds. The Labute approximate surface area is 115 Å². The first-order chi connectivity index (χ1) is 8.99. The van der Waals surface area contributed by atoms with Crippen LogP contribution in [0.2, 0.25) is 0 Å². The number of piperazine rings is 1. The molecule has 1 saturated heterocycles. The summed E-state index contributed by atoms with van der Waals surface area (Å²) in [4.78, 5) is 16.4. The standard InChI is InChI=1S/C14H27N3O2/c1-11(2)17-8-6-16(7-9-17)10-14(15-3,13(18)19)12-4-5-12/h11-12,15H,4-10H2,1-3H3,(H,18,19). The van der Waals surface area contributed by atoms with E-state index in [1.165, 1.54) is 0 Å². The van der Waals surface area contributed by atoms with E-state index in [4.69, 9.17) is 0 Å². The summed E-state index contributed by atoms with van der Waals surface area (Å²) in [5.41, 5.74) is -0.736. The zero-order valence-electron chi connectivity index (χ0n) is 12.4. The first-order valence-electron chi connectivity index (χ1n) is 7.38. The minimum absolute atomic E-state index is 0.304. The van der Waals surface area contributed by atoms with E-state index in [9.17, 15) is 9.90 Å². The molecule has 1 aliphatic carbocycles. The topological polar surface area (TPSA) is 55.8 Å². The molecule has 5 nitrogen and oxygen atoms in total. The van der Waals surface area contributed by atoms with Gasteiger partial charge in [-0.15, -0.1) is 0 Å². The molecule has 0 aromatic carbocycles. The molecule has 0 aromatic rings. The number of nitrogens with zero attached hydrogens (tertiary/aromatic N) is 2. The Morgan fingerprint density at radius 1 is 1.32 bits per heavy atom. The molecular formula is C14H27N3O2. The van der Waals surface area contributed by atoms with Crippen molar-refractivity contribution in [2.24, 2.45) is 5.92 Å². The highest BCUT2D eigenvalue weighted by Gasteiger charge is 2.51. The summed E-state index contributed by atoms with van der Waals surface area (Å²) in [5, 5.41) is 12.7. The Balaban J connectivity index is 1.94. The number of carboxylic acid groups (broad SMARTS) is 1. The van der Waals surface area contributed by atoms with Gasteiger partial charge in [0.15, 0.2) is 0 Å². The lowest BCUT2D eigenvalue weighted by atomic mass is 9.92. The number of nitrogens with one attached hydrogen (secondary N) is 1. The maximum absolute atomic E-state index is 11.7. The van der Waals surface area contributed by atoms with Crippen molar-refractivity contribution in [1.82, 2.24) is 15.1 Å². The van der Waals surface area contributed by atoms with Gasteiger partial charge in [-0.2, -0.15) is 0 Å². The van der Waals surface area contributed by atoms with Crippen LogP contribution in [0.4, 0.5) is 0 Å². The third kappa shape index (κ3) is 3.09. The molecule has 1 saturated carbocycles. The minimum atomic E-state index is -0.736. The van der Waals surface area contributed by atoms with Crippen molar-refractivity contribution < 1.29 is 9.90 Å². The first-order valence-corrected chi connectivity index (χ1v) is 7.38. The number of rotatable bonds is 6. The summed E-state index contributed by atoms with van der Waals surface area (Å²) in [7, 11) is 1.79. The molecule has 1 unspecified atom stereocenters. The summed E-state index contributed by atoms with van der Waals surface area (Å²) in [6.07, 6.45) is 2.08. The molecule has 2 N–H and O–H groups in total. The number of carbonyl (C=O) groups is 1. The molecular weight excluding hydrogens is 242 g/mol. The van der Waals surface area contributed by atoms with Gasteiger partial charge in [0.2, 0.25) is 0 Å². The van der Waals surface area contributed by atoms with Crippen molar-refractivity contribution in [3.05, 3.63) is 0 Å². The van der Waals surface area contributed by atoms with E-state index in [0.29, 0.717) is 18.5 Å². The van der Waals surface area contributed by atoms with Gasteiger partial charge in [0.25, 0.3) is 0 Å². The van der Waals surface area contributed by atoms with Crippen molar-refractivity contribution >= 4 is 5.97 Å². The SMILES string of the molecule is CNC(CN1CCN(C(C)C)CC1)(C(=O)O)C1CC1. The average molecular weight is 269 g/mol. The lowest BCUT2D eigenvalue weighted by Gasteiger charge is -2.41. The number of likely N-dealkylation sites (N-methyl/N-ethyl adjacent to an activating group) is 1. The molecule has 5 heteroatoms. The van der Waals surface area contributed by atoms with Gasteiger partial charge in [-0.3, -0.25) is 14.6 Å². The van der Waals surface area contributed by atoms with Crippen LogP contribution in [0.1, 0.15) is 26.7 Å². The highest BCUT2D eigenvalue weighted by atomic mass is 16.4. The largest absolute Gasteiger partial charge is 0.480 e. The Morgan fingerprint density at radius 2 is 1.89 bits per heavy atom. The van der Waals surface area contributed by atoms with E-state index in [1.54, 1.807) is 7.05 Å². The zero-order chi connectivity index (χ0) is 14.0. The van der Waals surface area contributed by atoms with Gasteiger partial charge >= 0.3 is 5.97 Å². The van der Waals surface area contributed by atoms with Gasteiger partial charge < -0.3 is 10.4 Å². The van der Waals surface area contributed by atoms with Crippen LogP contribution in [0.3, 0.4) is 0 Å². The third-order valence-electron chi connectivity index (χ3n) is 4.71. The molecule has 2 fully saturated rings. The lowest BCUT2D eigenvalue weighted by Crippen LogP contribution is -2.62. The number of hydrogen-bond donors (Lipinski definition) is 2. The Kier molecular flexibility index (Phi) is 4.48. The monoisotopic (exact) mass is 269 g/mol. The van der Waals surface area contributed by atoms with Crippen LogP contribution in [0.25, 0.3) is 0 Å². The fourth-order valence-corrected chi connectivity index (χ4v) is 3.13. The fourth-order valence-electron chi connectivity index (χ4n) is 3.13. The number of carboxylic acids is 1. The zero-order valence-corrected chi connectivity index (χ0v) is 12.4. The molecule has 19 heavy (non-hydrogen) atoms. The van der Waals surface area contributed by atoms with Crippen molar-refractivity contribution in [2.75, 3.05) is 39.8 Å². The number of hydrogen-bond acceptors (Lipinski definition) is 4. The van der Waals surface area contributed by atoms with Crippen LogP contribution in [0.5, 0.6) is 0 Å². The van der Waals surface area contributed by atoms with E-state index in [1.807, 2.05) is 0 Å². The molecule has 0 spiro atoms. The second-order valence-corrected chi connectivity index (χ2v) is 6.21. The molecule has 1 heterocycles. The van der Waals surface area contributed by atoms with Gasteiger partial charge in [0.05, 0.1) is 0 Å². The smallest absolute Gasteiger partial charge is 0.325 e. The van der Waals surface area contributed by atoms with Crippen LogP contribution in [0, 0.1) is 5.92 Å².